The van der Waals surface area contributed by atoms with Gasteiger partial charge in [0.05, 0.1) is 6.07 Å². The number of nitriles is 1. The van der Waals surface area contributed by atoms with Gasteiger partial charge in [0.1, 0.15) is 5.54 Å². The number of nitrogens with one attached hydrogen (secondary N) is 1. The Morgan fingerprint density at radius 1 is 1.38 bits per heavy atom. The molecule has 0 amide bonds. The van der Waals surface area contributed by atoms with Gasteiger partial charge in [0, 0.05) is 24.8 Å². The lowest BCUT2D eigenvalue weighted by molar-refractivity contribution is 0.361. The summed E-state index contributed by atoms with van der Waals surface area (Å²) >= 11 is 0. The molecular formula is C18H25N3. The molecule has 1 N–H and O–H groups in total. The molecule has 1 heterocycles. The zero-order valence-electron chi connectivity index (χ0n) is 12.9. The minimum Gasteiger partial charge on any atom is -0.371 e. The second-order valence-electron chi connectivity index (χ2n) is 6.44. The van der Waals surface area contributed by atoms with E-state index in [2.05, 4.69) is 47.5 Å². The molecule has 3 heteroatoms. The molecule has 0 saturated heterocycles. The summed E-state index contributed by atoms with van der Waals surface area (Å²) < 4.78 is 0. The second kappa shape index (κ2) is 6.07. The molecule has 1 unspecified atom stereocenters. The standard InChI is InChI=1S/C18H25N3/c1-2-18(14-19,20-16-8-9-16)11-5-12-21-13-10-15-6-3-4-7-17(15)21/h3-4,6-7,16,20H,2,5,8-13H2,1H3. The molecule has 0 aromatic heterocycles. The van der Waals surface area contributed by atoms with Crippen LogP contribution in [0.4, 0.5) is 5.69 Å². The van der Waals surface area contributed by atoms with Gasteiger partial charge in [-0.05, 0) is 50.2 Å². The first kappa shape index (κ1) is 14.4. The van der Waals surface area contributed by atoms with E-state index in [0.29, 0.717) is 6.04 Å². The highest BCUT2D eigenvalue weighted by Crippen LogP contribution is 2.29. The molecule has 0 spiro atoms. The minimum atomic E-state index is -0.305. The number of rotatable bonds is 7. The second-order valence-corrected chi connectivity index (χ2v) is 6.44. The topological polar surface area (TPSA) is 39.1 Å². The van der Waals surface area contributed by atoms with Gasteiger partial charge in [-0.25, -0.2) is 0 Å². The number of nitrogens with zero attached hydrogens (tertiary/aromatic N) is 2. The van der Waals surface area contributed by atoms with Gasteiger partial charge < -0.3 is 4.90 Å². The Labute approximate surface area is 128 Å². The molecule has 1 aliphatic heterocycles. The van der Waals surface area contributed by atoms with Gasteiger partial charge in [0.2, 0.25) is 0 Å². The molecule has 112 valence electrons. The van der Waals surface area contributed by atoms with Crippen LogP contribution in [0.3, 0.4) is 0 Å². The molecule has 0 bridgehead atoms. The van der Waals surface area contributed by atoms with E-state index in [0.717, 1.165) is 38.8 Å². The summed E-state index contributed by atoms with van der Waals surface area (Å²) in [4.78, 5) is 2.48. The zero-order chi connectivity index (χ0) is 14.7. The SMILES string of the molecule is CCC(C#N)(CCCN1CCc2ccccc21)NC1CC1. The van der Waals surface area contributed by atoms with Gasteiger partial charge in [0.25, 0.3) is 0 Å². The van der Waals surface area contributed by atoms with Crippen LogP contribution in [-0.2, 0) is 6.42 Å². The quantitative estimate of drug-likeness (QED) is 0.835. The van der Waals surface area contributed by atoms with Crippen molar-refractivity contribution >= 4 is 5.69 Å². The summed E-state index contributed by atoms with van der Waals surface area (Å²) in [5, 5.41) is 13.1. The first-order chi connectivity index (χ1) is 10.3. The first-order valence-corrected chi connectivity index (χ1v) is 8.28. The van der Waals surface area contributed by atoms with E-state index in [1.165, 1.54) is 24.1 Å². The van der Waals surface area contributed by atoms with Crippen molar-refractivity contribution in [1.29, 1.82) is 5.26 Å². The fourth-order valence-corrected chi connectivity index (χ4v) is 3.35. The lowest BCUT2D eigenvalue weighted by atomic mass is 9.91. The monoisotopic (exact) mass is 283 g/mol. The molecule has 0 radical (unpaired) electrons. The lowest BCUT2D eigenvalue weighted by Gasteiger charge is -2.28. The van der Waals surface area contributed by atoms with Gasteiger partial charge in [-0.1, -0.05) is 25.1 Å². The van der Waals surface area contributed by atoms with Crippen molar-refractivity contribution in [2.45, 2.75) is 57.0 Å². The van der Waals surface area contributed by atoms with Gasteiger partial charge in [0.15, 0.2) is 0 Å². The summed E-state index contributed by atoms with van der Waals surface area (Å²) in [6.07, 6.45) is 6.57. The molecule has 3 nitrogen and oxygen atoms in total. The number of para-hydroxylation sites is 1. The summed E-state index contributed by atoms with van der Waals surface area (Å²) in [6, 6.07) is 11.8. The summed E-state index contributed by atoms with van der Waals surface area (Å²) in [5.41, 5.74) is 2.56. The van der Waals surface area contributed by atoms with Crippen molar-refractivity contribution in [1.82, 2.24) is 5.32 Å². The Morgan fingerprint density at radius 3 is 2.90 bits per heavy atom. The Balaban J connectivity index is 1.54. The van der Waals surface area contributed by atoms with Crippen LogP contribution in [-0.4, -0.2) is 24.7 Å². The molecule has 21 heavy (non-hydrogen) atoms. The van der Waals surface area contributed by atoms with E-state index in [1.54, 1.807) is 0 Å². The smallest absolute Gasteiger partial charge is 0.106 e. The van der Waals surface area contributed by atoms with E-state index in [-0.39, 0.29) is 5.54 Å². The molecular weight excluding hydrogens is 258 g/mol. The highest BCUT2D eigenvalue weighted by Gasteiger charge is 2.34. The van der Waals surface area contributed by atoms with Crippen LogP contribution in [0.15, 0.2) is 24.3 Å². The van der Waals surface area contributed by atoms with E-state index < -0.39 is 0 Å². The Morgan fingerprint density at radius 2 is 2.19 bits per heavy atom. The van der Waals surface area contributed by atoms with Gasteiger partial charge >= 0.3 is 0 Å². The van der Waals surface area contributed by atoms with Crippen LogP contribution in [0.1, 0.15) is 44.6 Å². The van der Waals surface area contributed by atoms with Gasteiger partial charge in [-0.3, -0.25) is 5.32 Å². The summed E-state index contributed by atoms with van der Waals surface area (Å²) in [5.74, 6) is 0. The van der Waals surface area contributed by atoms with Crippen molar-refractivity contribution in [3.63, 3.8) is 0 Å². The predicted octanol–water partition coefficient (Wildman–Crippen LogP) is 3.25. The molecule has 1 atom stereocenters. The molecule has 2 aliphatic rings. The van der Waals surface area contributed by atoms with Crippen LogP contribution in [0.2, 0.25) is 0 Å². The van der Waals surface area contributed by atoms with Crippen LogP contribution in [0.5, 0.6) is 0 Å². The van der Waals surface area contributed by atoms with E-state index in [4.69, 9.17) is 0 Å². The largest absolute Gasteiger partial charge is 0.371 e. The van der Waals surface area contributed by atoms with Crippen molar-refractivity contribution in [2.75, 3.05) is 18.0 Å². The molecule has 1 aromatic carbocycles. The number of hydrogen-bond acceptors (Lipinski definition) is 3. The first-order valence-electron chi connectivity index (χ1n) is 8.28. The normalized spacial score (nSPS) is 19.9. The minimum absolute atomic E-state index is 0.305. The Hall–Kier alpha value is -1.53. The molecule has 1 saturated carbocycles. The van der Waals surface area contributed by atoms with Crippen molar-refractivity contribution in [2.24, 2.45) is 0 Å². The fourth-order valence-electron chi connectivity index (χ4n) is 3.35. The van der Waals surface area contributed by atoms with Crippen molar-refractivity contribution < 1.29 is 0 Å². The van der Waals surface area contributed by atoms with Crippen molar-refractivity contribution in [3.05, 3.63) is 29.8 Å². The average Bonchev–Trinajstić information content (AvgIpc) is 3.25. The third-order valence-corrected chi connectivity index (χ3v) is 4.89. The lowest BCUT2D eigenvalue weighted by Crippen LogP contribution is -2.45. The molecule has 1 aliphatic carbocycles. The van der Waals surface area contributed by atoms with Crippen molar-refractivity contribution in [3.8, 4) is 6.07 Å². The third-order valence-electron chi connectivity index (χ3n) is 4.89. The highest BCUT2D eigenvalue weighted by atomic mass is 15.1. The maximum atomic E-state index is 9.58. The highest BCUT2D eigenvalue weighted by molar-refractivity contribution is 5.57. The molecule has 3 rings (SSSR count). The van der Waals surface area contributed by atoms with E-state index in [1.807, 2.05) is 0 Å². The van der Waals surface area contributed by atoms with E-state index >= 15 is 0 Å². The predicted molar refractivity (Wildman–Crippen MR) is 86.4 cm³/mol. The average molecular weight is 283 g/mol. The number of anilines is 1. The fraction of sp³-hybridized carbons (Fsp3) is 0.611. The van der Waals surface area contributed by atoms with Gasteiger partial charge in [-0.2, -0.15) is 5.26 Å². The molecule has 1 fully saturated rings. The zero-order valence-corrected chi connectivity index (χ0v) is 12.9. The number of hydrogen-bond donors (Lipinski definition) is 1. The number of fused-ring (bicyclic) bond motifs is 1. The van der Waals surface area contributed by atoms with Gasteiger partial charge in [-0.15, -0.1) is 0 Å². The van der Waals surface area contributed by atoms with Crippen LogP contribution in [0, 0.1) is 11.3 Å². The number of benzene rings is 1. The summed E-state index contributed by atoms with van der Waals surface area (Å²) in [7, 11) is 0. The summed E-state index contributed by atoms with van der Waals surface area (Å²) in [6.45, 7) is 4.32. The Kier molecular flexibility index (Phi) is 4.17. The van der Waals surface area contributed by atoms with E-state index in [9.17, 15) is 5.26 Å². The van der Waals surface area contributed by atoms with Crippen LogP contribution >= 0.6 is 0 Å². The van der Waals surface area contributed by atoms with Crippen LogP contribution in [0.25, 0.3) is 0 Å². The third kappa shape index (κ3) is 3.22. The Bertz CT molecular complexity index is 530. The van der Waals surface area contributed by atoms with Crippen LogP contribution < -0.4 is 10.2 Å². The maximum absolute atomic E-state index is 9.58. The maximum Gasteiger partial charge on any atom is 0.106 e. The molecule has 1 aromatic rings.